The Morgan fingerprint density at radius 1 is 1.32 bits per heavy atom. The van der Waals surface area contributed by atoms with E-state index in [1.165, 1.54) is 19.4 Å². The highest BCUT2D eigenvalue weighted by atomic mass is 16.5. The van der Waals surface area contributed by atoms with Crippen LogP contribution in [0, 0.1) is 0 Å². The van der Waals surface area contributed by atoms with E-state index < -0.39 is 5.97 Å². The molecule has 2 N–H and O–H groups in total. The Hall–Kier alpha value is -3.23. The van der Waals surface area contributed by atoms with E-state index in [-0.39, 0.29) is 29.8 Å². The zero-order valence-electron chi connectivity index (χ0n) is 15.8. The van der Waals surface area contributed by atoms with E-state index >= 15 is 0 Å². The van der Waals surface area contributed by atoms with Crippen LogP contribution in [0.5, 0.6) is 5.75 Å². The maximum Gasteiger partial charge on any atom is 0.335 e. The first-order chi connectivity index (χ1) is 13.5. The second-order valence-electron chi connectivity index (χ2n) is 6.67. The molecular weight excluding hydrogens is 364 g/mol. The topological polar surface area (TPSA) is 127 Å². The van der Waals surface area contributed by atoms with Crippen LogP contribution in [0.4, 0.5) is 0 Å². The van der Waals surface area contributed by atoms with Crippen LogP contribution in [0.1, 0.15) is 50.8 Å². The van der Waals surface area contributed by atoms with E-state index in [2.05, 4.69) is 20.4 Å². The predicted octanol–water partition coefficient (Wildman–Crippen LogP) is 2.45. The number of amides is 1. The standard InChI is InChI=1S/C19H22N4O5/c1-11(18-22-17(23-28-18)15-8-7-12(24)10-20-15)9-16(25)21-14-6-4-3-5-13(14)19(26)27-2/h7-8,10-11,24H,3-6,9H2,1-2H3,(H,21,25). The van der Waals surface area contributed by atoms with E-state index in [1.807, 2.05) is 0 Å². The van der Waals surface area contributed by atoms with Crippen molar-refractivity contribution < 1.29 is 24.0 Å². The summed E-state index contributed by atoms with van der Waals surface area (Å²) in [7, 11) is 1.33. The lowest BCUT2D eigenvalue weighted by atomic mass is 9.96. The van der Waals surface area contributed by atoms with E-state index in [4.69, 9.17) is 9.26 Å². The van der Waals surface area contributed by atoms with Crippen molar-refractivity contribution in [3.05, 3.63) is 35.5 Å². The number of nitrogens with one attached hydrogen (secondary N) is 1. The molecule has 9 nitrogen and oxygen atoms in total. The summed E-state index contributed by atoms with van der Waals surface area (Å²) in [5.41, 5.74) is 1.63. The summed E-state index contributed by atoms with van der Waals surface area (Å²) in [5.74, 6) is -0.305. The summed E-state index contributed by atoms with van der Waals surface area (Å²) in [6, 6.07) is 3.05. The minimum Gasteiger partial charge on any atom is -0.506 e. The number of allylic oxidation sites excluding steroid dienone is 1. The monoisotopic (exact) mass is 386 g/mol. The summed E-state index contributed by atoms with van der Waals surface area (Å²) in [6.07, 6.45) is 4.47. The molecule has 0 aromatic carbocycles. The molecular formula is C19H22N4O5. The highest BCUT2D eigenvalue weighted by Crippen LogP contribution is 2.25. The van der Waals surface area contributed by atoms with Gasteiger partial charge in [0.1, 0.15) is 11.4 Å². The lowest BCUT2D eigenvalue weighted by molar-refractivity contribution is -0.136. The number of hydrogen-bond acceptors (Lipinski definition) is 8. The van der Waals surface area contributed by atoms with Crippen LogP contribution in [0.3, 0.4) is 0 Å². The number of hydrogen-bond donors (Lipinski definition) is 2. The summed E-state index contributed by atoms with van der Waals surface area (Å²) in [6.45, 7) is 1.80. The minimum atomic E-state index is -0.397. The average molecular weight is 386 g/mol. The molecule has 1 aliphatic carbocycles. The van der Waals surface area contributed by atoms with Crippen molar-refractivity contribution in [3.8, 4) is 17.3 Å². The molecule has 0 fully saturated rings. The van der Waals surface area contributed by atoms with Gasteiger partial charge in [0.2, 0.25) is 17.6 Å². The number of methoxy groups -OCH3 is 1. The molecule has 1 aliphatic rings. The highest BCUT2D eigenvalue weighted by Gasteiger charge is 2.23. The Labute approximate surface area is 161 Å². The molecule has 0 bridgehead atoms. The van der Waals surface area contributed by atoms with E-state index in [0.717, 1.165) is 12.8 Å². The molecule has 0 aliphatic heterocycles. The van der Waals surface area contributed by atoms with Crippen molar-refractivity contribution in [1.82, 2.24) is 20.4 Å². The first kappa shape index (κ1) is 19.5. The molecule has 28 heavy (non-hydrogen) atoms. The van der Waals surface area contributed by atoms with Gasteiger partial charge in [-0.1, -0.05) is 12.1 Å². The Bertz CT molecular complexity index is 888. The van der Waals surface area contributed by atoms with Crippen LogP contribution in [0.15, 0.2) is 34.1 Å². The second kappa shape index (κ2) is 8.64. The van der Waals surface area contributed by atoms with Gasteiger partial charge in [-0.2, -0.15) is 4.98 Å². The quantitative estimate of drug-likeness (QED) is 0.725. The SMILES string of the molecule is COC(=O)C1=C(NC(=O)CC(C)c2nc(-c3ccc(O)cn3)no2)CCCC1. The van der Waals surface area contributed by atoms with E-state index in [9.17, 15) is 14.7 Å². The molecule has 1 amide bonds. The fourth-order valence-electron chi connectivity index (χ4n) is 3.03. The number of aromatic nitrogens is 3. The Kier molecular flexibility index (Phi) is 6.03. The van der Waals surface area contributed by atoms with E-state index in [0.29, 0.717) is 35.7 Å². The lowest BCUT2D eigenvalue weighted by Gasteiger charge is -2.19. The third-order valence-corrected chi connectivity index (χ3v) is 4.52. The largest absolute Gasteiger partial charge is 0.506 e. The first-order valence-electron chi connectivity index (χ1n) is 9.07. The molecule has 2 heterocycles. The molecule has 2 aromatic rings. The highest BCUT2D eigenvalue weighted by molar-refractivity contribution is 5.91. The fourth-order valence-corrected chi connectivity index (χ4v) is 3.03. The van der Waals surface area contributed by atoms with Crippen molar-refractivity contribution in [2.45, 2.75) is 44.9 Å². The lowest BCUT2D eigenvalue weighted by Crippen LogP contribution is -2.28. The van der Waals surface area contributed by atoms with Gasteiger partial charge in [-0.25, -0.2) is 9.78 Å². The van der Waals surface area contributed by atoms with Gasteiger partial charge in [-0.15, -0.1) is 0 Å². The summed E-state index contributed by atoms with van der Waals surface area (Å²) in [4.78, 5) is 32.6. The number of carbonyl (C=O) groups is 2. The van der Waals surface area contributed by atoms with Gasteiger partial charge < -0.3 is 19.7 Å². The minimum absolute atomic E-state index is 0.0425. The first-order valence-corrected chi connectivity index (χ1v) is 9.07. The second-order valence-corrected chi connectivity index (χ2v) is 6.67. The molecule has 2 aromatic heterocycles. The fraction of sp³-hybridized carbons (Fsp3) is 0.421. The molecule has 1 atom stereocenters. The van der Waals surface area contributed by atoms with Crippen molar-refractivity contribution in [2.75, 3.05) is 7.11 Å². The van der Waals surface area contributed by atoms with Crippen LogP contribution >= 0.6 is 0 Å². The Balaban J connectivity index is 1.65. The summed E-state index contributed by atoms with van der Waals surface area (Å²) >= 11 is 0. The molecule has 0 saturated carbocycles. The van der Waals surface area contributed by atoms with Crippen molar-refractivity contribution in [2.24, 2.45) is 0 Å². The number of esters is 1. The number of nitrogens with zero attached hydrogens (tertiary/aromatic N) is 3. The van der Waals surface area contributed by atoms with Crippen molar-refractivity contribution in [1.29, 1.82) is 0 Å². The van der Waals surface area contributed by atoms with Gasteiger partial charge >= 0.3 is 5.97 Å². The van der Waals surface area contributed by atoms with Gasteiger partial charge in [0.25, 0.3) is 0 Å². The third-order valence-electron chi connectivity index (χ3n) is 4.52. The molecule has 0 spiro atoms. The predicted molar refractivity (Wildman–Crippen MR) is 97.9 cm³/mol. The molecule has 9 heteroatoms. The molecule has 0 saturated heterocycles. The summed E-state index contributed by atoms with van der Waals surface area (Å²) < 4.78 is 10.1. The van der Waals surface area contributed by atoms with Gasteiger partial charge in [-0.3, -0.25) is 4.79 Å². The van der Waals surface area contributed by atoms with Gasteiger partial charge in [0, 0.05) is 18.0 Å². The molecule has 1 unspecified atom stereocenters. The van der Waals surface area contributed by atoms with Gasteiger partial charge in [0.15, 0.2) is 0 Å². The zero-order chi connectivity index (χ0) is 20.1. The van der Waals surface area contributed by atoms with Gasteiger partial charge in [0.05, 0.1) is 18.9 Å². The van der Waals surface area contributed by atoms with Crippen molar-refractivity contribution >= 4 is 11.9 Å². The van der Waals surface area contributed by atoms with Crippen molar-refractivity contribution in [3.63, 3.8) is 0 Å². The molecule has 3 rings (SSSR count). The summed E-state index contributed by atoms with van der Waals surface area (Å²) in [5, 5.41) is 16.0. The van der Waals surface area contributed by atoms with Crippen LogP contribution in [-0.4, -0.2) is 39.2 Å². The van der Waals surface area contributed by atoms with Crippen LogP contribution in [0.2, 0.25) is 0 Å². The average Bonchev–Trinajstić information content (AvgIpc) is 3.18. The number of ether oxygens (including phenoxy) is 1. The van der Waals surface area contributed by atoms with Crippen LogP contribution in [-0.2, 0) is 14.3 Å². The normalized spacial score (nSPS) is 15.2. The smallest absolute Gasteiger partial charge is 0.335 e. The number of carbonyl (C=O) groups excluding carboxylic acids is 2. The number of aromatic hydroxyl groups is 1. The molecule has 0 radical (unpaired) electrons. The zero-order valence-corrected chi connectivity index (χ0v) is 15.8. The Morgan fingerprint density at radius 2 is 2.11 bits per heavy atom. The van der Waals surface area contributed by atoms with Crippen LogP contribution in [0.25, 0.3) is 11.5 Å². The number of pyridine rings is 1. The molecule has 148 valence electrons. The van der Waals surface area contributed by atoms with Crippen LogP contribution < -0.4 is 5.32 Å². The third kappa shape index (κ3) is 4.54. The Morgan fingerprint density at radius 3 is 2.82 bits per heavy atom. The number of rotatable bonds is 6. The van der Waals surface area contributed by atoms with Gasteiger partial charge in [-0.05, 0) is 37.8 Å². The maximum atomic E-state index is 12.4. The maximum absolute atomic E-state index is 12.4. The van der Waals surface area contributed by atoms with E-state index in [1.54, 1.807) is 13.0 Å².